The first-order valence-corrected chi connectivity index (χ1v) is 11.5. The van der Waals surface area contributed by atoms with Crippen LogP contribution in [0.15, 0.2) is 35.4 Å². The summed E-state index contributed by atoms with van der Waals surface area (Å²) in [5.41, 5.74) is 10.8. The molecule has 0 saturated heterocycles. The summed E-state index contributed by atoms with van der Waals surface area (Å²) >= 11 is 1.29. The van der Waals surface area contributed by atoms with Crippen LogP contribution in [0, 0.1) is 18.8 Å². The number of allylic oxidation sites excluding steroid dienone is 2. The number of anilines is 1. The highest BCUT2D eigenvalue weighted by atomic mass is 32.1. The van der Waals surface area contributed by atoms with Gasteiger partial charge in [0.1, 0.15) is 5.00 Å². The van der Waals surface area contributed by atoms with Crippen molar-refractivity contribution in [1.82, 2.24) is 0 Å². The van der Waals surface area contributed by atoms with Gasteiger partial charge in [-0.15, -0.1) is 11.3 Å². The highest BCUT2D eigenvalue weighted by molar-refractivity contribution is 7.17. The number of carbonyl (C=O) groups excluding carboxylic acids is 2. The zero-order chi connectivity index (χ0) is 23.7. The Bertz CT molecular complexity index is 1100. The van der Waals surface area contributed by atoms with Crippen molar-refractivity contribution in [2.45, 2.75) is 53.4 Å². The van der Waals surface area contributed by atoms with Crippen LogP contribution in [0.2, 0.25) is 0 Å². The van der Waals surface area contributed by atoms with E-state index in [1.807, 2.05) is 45.0 Å². The summed E-state index contributed by atoms with van der Waals surface area (Å²) in [6.45, 7) is 9.94. The van der Waals surface area contributed by atoms with Gasteiger partial charge in [-0.2, -0.15) is 0 Å². The SMILES string of the molecule is CC1=C(C)C[C@H](C(=O)Nc2sc(C)c(-c3ccc(C(C)C)cc3)c2C(N)=O)[C@@H](C(=O)O)C1. The Balaban J connectivity index is 1.97. The van der Waals surface area contributed by atoms with E-state index in [9.17, 15) is 19.5 Å². The monoisotopic (exact) mass is 454 g/mol. The van der Waals surface area contributed by atoms with Gasteiger partial charge in [0.15, 0.2) is 0 Å². The number of thiophene rings is 1. The molecule has 1 heterocycles. The van der Waals surface area contributed by atoms with Crippen molar-refractivity contribution >= 4 is 34.1 Å². The van der Waals surface area contributed by atoms with Gasteiger partial charge in [-0.1, -0.05) is 49.3 Å². The maximum Gasteiger partial charge on any atom is 0.307 e. The fourth-order valence-corrected chi connectivity index (χ4v) is 5.37. The number of carboxylic acids is 1. The average Bonchev–Trinajstić information content (AvgIpc) is 3.05. The van der Waals surface area contributed by atoms with Gasteiger partial charge in [0.25, 0.3) is 5.91 Å². The molecule has 0 fully saturated rings. The van der Waals surface area contributed by atoms with Gasteiger partial charge in [0.05, 0.1) is 17.4 Å². The van der Waals surface area contributed by atoms with Crippen LogP contribution in [0.3, 0.4) is 0 Å². The molecule has 0 unspecified atom stereocenters. The molecule has 2 atom stereocenters. The van der Waals surface area contributed by atoms with E-state index in [0.717, 1.165) is 21.6 Å². The van der Waals surface area contributed by atoms with E-state index in [4.69, 9.17) is 5.73 Å². The number of nitrogens with two attached hydrogens (primary N) is 1. The van der Waals surface area contributed by atoms with Crippen molar-refractivity contribution in [2.24, 2.45) is 17.6 Å². The van der Waals surface area contributed by atoms with E-state index in [1.54, 1.807) is 0 Å². The highest BCUT2D eigenvalue weighted by Gasteiger charge is 2.38. The quantitative estimate of drug-likeness (QED) is 0.512. The van der Waals surface area contributed by atoms with Crippen LogP contribution in [0.5, 0.6) is 0 Å². The lowest BCUT2D eigenvalue weighted by atomic mass is 9.76. The van der Waals surface area contributed by atoms with Crippen molar-refractivity contribution in [1.29, 1.82) is 0 Å². The predicted octanol–water partition coefficient (Wildman–Crippen LogP) is 5.33. The van der Waals surface area contributed by atoms with Crippen molar-refractivity contribution in [2.75, 3.05) is 5.32 Å². The van der Waals surface area contributed by atoms with Crippen LogP contribution in [-0.4, -0.2) is 22.9 Å². The molecule has 4 N–H and O–H groups in total. The molecule has 170 valence electrons. The number of primary amides is 1. The normalized spacial score (nSPS) is 18.7. The molecular formula is C25H30N2O4S. The number of hydrogen-bond acceptors (Lipinski definition) is 4. The van der Waals surface area contributed by atoms with Crippen molar-refractivity contribution in [3.8, 4) is 11.1 Å². The van der Waals surface area contributed by atoms with Gasteiger partial charge in [0, 0.05) is 10.4 Å². The minimum atomic E-state index is -0.986. The maximum atomic E-state index is 13.1. The summed E-state index contributed by atoms with van der Waals surface area (Å²) < 4.78 is 0. The first-order valence-electron chi connectivity index (χ1n) is 10.7. The van der Waals surface area contributed by atoms with Gasteiger partial charge >= 0.3 is 5.97 Å². The molecule has 0 bridgehead atoms. The number of benzene rings is 1. The molecule has 3 rings (SSSR count). The largest absolute Gasteiger partial charge is 0.481 e. The van der Waals surface area contributed by atoms with E-state index in [-0.39, 0.29) is 5.56 Å². The molecule has 32 heavy (non-hydrogen) atoms. The minimum absolute atomic E-state index is 0.268. The van der Waals surface area contributed by atoms with Crippen LogP contribution < -0.4 is 11.1 Å². The topological polar surface area (TPSA) is 109 Å². The maximum absolute atomic E-state index is 13.1. The molecule has 6 nitrogen and oxygen atoms in total. The number of nitrogens with one attached hydrogen (secondary N) is 1. The van der Waals surface area contributed by atoms with E-state index in [2.05, 4.69) is 19.2 Å². The second kappa shape index (κ2) is 9.28. The molecule has 1 aliphatic carbocycles. The van der Waals surface area contributed by atoms with E-state index in [1.165, 1.54) is 16.9 Å². The summed E-state index contributed by atoms with van der Waals surface area (Å²) in [5.74, 6) is -3.11. The fourth-order valence-electron chi connectivity index (χ4n) is 4.28. The van der Waals surface area contributed by atoms with Crippen LogP contribution in [0.1, 0.15) is 67.3 Å². The zero-order valence-corrected chi connectivity index (χ0v) is 19.9. The Morgan fingerprint density at radius 3 is 2.09 bits per heavy atom. The summed E-state index contributed by atoms with van der Waals surface area (Å²) in [6.07, 6.45) is 0.729. The van der Waals surface area contributed by atoms with Crippen molar-refractivity contribution < 1.29 is 19.5 Å². The third-order valence-corrected chi connectivity index (χ3v) is 7.37. The van der Waals surface area contributed by atoms with Crippen LogP contribution in [0.4, 0.5) is 5.00 Å². The third-order valence-electron chi connectivity index (χ3n) is 6.35. The van der Waals surface area contributed by atoms with Crippen LogP contribution >= 0.6 is 11.3 Å². The Kier molecular flexibility index (Phi) is 6.88. The first kappa shape index (κ1) is 23.7. The molecule has 1 aromatic carbocycles. The molecule has 0 saturated carbocycles. The second-order valence-corrected chi connectivity index (χ2v) is 10.1. The minimum Gasteiger partial charge on any atom is -0.481 e. The van der Waals surface area contributed by atoms with Crippen LogP contribution in [0.25, 0.3) is 11.1 Å². The summed E-state index contributed by atoms with van der Waals surface area (Å²) in [4.78, 5) is 38.2. The predicted molar refractivity (Wildman–Crippen MR) is 128 cm³/mol. The third kappa shape index (κ3) is 4.63. The molecular weight excluding hydrogens is 424 g/mol. The average molecular weight is 455 g/mol. The van der Waals surface area contributed by atoms with E-state index < -0.39 is 29.6 Å². The Morgan fingerprint density at radius 1 is 1.03 bits per heavy atom. The fraction of sp³-hybridized carbons (Fsp3) is 0.400. The molecule has 2 aromatic rings. The lowest BCUT2D eigenvalue weighted by Crippen LogP contribution is -2.36. The van der Waals surface area contributed by atoms with Gasteiger partial charge < -0.3 is 16.2 Å². The van der Waals surface area contributed by atoms with Gasteiger partial charge in [-0.25, -0.2) is 0 Å². The number of aliphatic carboxylic acids is 1. The van der Waals surface area contributed by atoms with Crippen molar-refractivity contribution in [3.63, 3.8) is 0 Å². The Labute approximate surface area is 192 Å². The second-order valence-electron chi connectivity index (χ2n) is 8.89. The lowest BCUT2D eigenvalue weighted by molar-refractivity contribution is -0.146. The molecule has 0 radical (unpaired) electrons. The number of aryl methyl sites for hydroxylation is 1. The summed E-state index contributed by atoms with van der Waals surface area (Å²) in [7, 11) is 0. The Morgan fingerprint density at radius 2 is 1.59 bits per heavy atom. The smallest absolute Gasteiger partial charge is 0.307 e. The molecule has 7 heteroatoms. The molecule has 2 amide bonds. The molecule has 0 spiro atoms. The number of carbonyl (C=O) groups is 3. The number of rotatable bonds is 6. The van der Waals surface area contributed by atoms with E-state index >= 15 is 0 Å². The number of hydrogen-bond donors (Lipinski definition) is 3. The van der Waals surface area contributed by atoms with E-state index in [0.29, 0.717) is 29.3 Å². The first-order chi connectivity index (χ1) is 15.0. The van der Waals surface area contributed by atoms with Gasteiger partial charge in [-0.05, 0) is 50.7 Å². The summed E-state index contributed by atoms with van der Waals surface area (Å²) in [6, 6.07) is 7.97. The van der Waals surface area contributed by atoms with Crippen molar-refractivity contribution in [3.05, 3.63) is 51.4 Å². The molecule has 1 aliphatic rings. The highest BCUT2D eigenvalue weighted by Crippen LogP contribution is 2.41. The lowest BCUT2D eigenvalue weighted by Gasteiger charge is -2.29. The van der Waals surface area contributed by atoms with Crippen LogP contribution in [-0.2, 0) is 9.59 Å². The number of carboxylic acid groups (broad SMARTS) is 1. The Hall–Kier alpha value is -2.93. The standard InChI is InChI=1S/C25H30N2O4S/c1-12(2)16-6-8-17(9-7-16)20-15(5)32-24(21(20)22(26)28)27-23(29)18-10-13(3)14(4)11-19(18)25(30)31/h6-9,12,18-19H,10-11H2,1-5H3,(H2,26,28)(H,27,29)(H,30,31)/t18-,19-/m0/s1. The molecule has 0 aliphatic heterocycles. The van der Waals surface area contributed by atoms with Gasteiger partial charge in [-0.3, -0.25) is 14.4 Å². The summed E-state index contributed by atoms with van der Waals surface area (Å²) in [5, 5.41) is 12.9. The van der Waals surface area contributed by atoms with Gasteiger partial charge in [0.2, 0.25) is 5.91 Å². The molecule has 1 aromatic heterocycles. The number of amides is 2. The zero-order valence-electron chi connectivity index (χ0n) is 19.1.